The van der Waals surface area contributed by atoms with Crippen LogP contribution in [0.3, 0.4) is 0 Å². The van der Waals surface area contributed by atoms with Gasteiger partial charge in [0, 0.05) is 0 Å². The van der Waals surface area contributed by atoms with Gasteiger partial charge in [-0.1, -0.05) is 12.1 Å². The third-order valence-electron chi connectivity index (χ3n) is 3.20. The van der Waals surface area contributed by atoms with E-state index < -0.39 is 30.1 Å². The minimum atomic E-state index is -3.52. The van der Waals surface area contributed by atoms with Crippen molar-refractivity contribution in [3.63, 3.8) is 0 Å². The molecule has 0 bridgehead atoms. The number of hydrogen-bond acceptors (Lipinski definition) is 6. The van der Waals surface area contributed by atoms with Gasteiger partial charge in [-0.3, -0.25) is 4.57 Å². The molecule has 1 aromatic rings. The fourth-order valence-electron chi connectivity index (χ4n) is 2.30. The van der Waals surface area contributed by atoms with Gasteiger partial charge in [-0.05, 0) is 70.8 Å². The van der Waals surface area contributed by atoms with Crippen LogP contribution in [0.15, 0.2) is 24.3 Å². The molecule has 1 unspecified atom stereocenters. The number of carbonyl (C=O) groups is 1. The van der Waals surface area contributed by atoms with Crippen molar-refractivity contribution < 1.29 is 27.3 Å². The largest absolute Gasteiger partial charge is 0.516 e. The van der Waals surface area contributed by atoms with E-state index in [1.165, 1.54) is 0 Å². The lowest BCUT2D eigenvalue weighted by molar-refractivity contribution is 0.0724. The second-order valence-electron chi connectivity index (χ2n) is 8.08. The molecule has 0 amide bonds. The molecule has 1 atom stereocenters. The molecule has 154 valence electrons. The molecule has 0 aliphatic rings. The third kappa shape index (κ3) is 8.01. The Bertz CT molecular complexity index is 654. The fourth-order valence-corrected chi connectivity index (χ4v) is 6.85. The van der Waals surface area contributed by atoms with E-state index in [1.54, 1.807) is 38.1 Å². The Hall–Kier alpha value is -0.766. The summed E-state index contributed by atoms with van der Waals surface area (Å²) < 4.78 is 36.1. The van der Waals surface area contributed by atoms with E-state index >= 15 is 0 Å². The van der Waals surface area contributed by atoms with Crippen molar-refractivity contribution in [1.29, 1.82) is 0 Å². The standard InChI is InChI=1S/C18H33O6PSi2/c1-9-21-25(20,22-10-2)18(24-27(6,7)8)16-13-11-15(12-14-16)17(19)23-26(3,4)5/h11-14,18H,9-10H2,1-8H3. The second-order valence-corrected chi connectivity index (χ2v) is 19.0. The van der Waals surface area contributed by atoms with Crippen LogP contribution in [0.5, 0.6) is 0 Å². The van der Waals surface area contributed by atoms with Crippen LogP contribution in [-0.4, -0.2) is 35.8 Å². The lowest BCUT2D eigenvalue weighted by atomic mass is 10.1. The van der Waals surface area contributed by atoms with Crippen LogP contribution in [0.1, 0.15) is 35.6 Å². The molecule has 0 heterocycles. The van der Waals surface area contributed by atoms with Crippen molar-refractivity contribution in [3.05, 3.63) is 35.4 Å². The van der Waals surface area contributed by atoms with Crippen molar-refractivity contribution in [2.75, 3.05) is 13.2 Å². The van der Waals surface area contributed by atoms with Gasteiger partial charge in [-0.15, -0.1) is 0 Å². The summed E-state index contributed by atoms with van der Waals surface area (Å²) in [5.41, 5.74) is 1.11. The zero-order chi connectivity index (χ0) is 20.9. The van der Waals surface area contributed by atoms with Crippen molar-refractivity contribution in [3.8, 4) is 0 Å². The van der Waals surface area contributed by atoms with Gasteiger partial charge in [0.05, 0.1) is 18.8 Å². The molecule has 0 N–H and O–H groups in total. The fraction of sp³-hybridized carbons (Fsp3) is 0.611. The molecule has 1 aromatic carbocycles. The van der Waals surface area contributed by atoms with Crippen LogP contribution >= 0.6 is 7.60 Å². The van der Waals surface area contributed by atoms with Gasteiger partial charge < -0.3 is 17.9 Å². The lowest BCUT2D eigenvalue weighted by Crippen LogP contribution is -2.29. The van der Waals surface area contributed by atoms with Gasteiger partial charge in [0.1, 0.15) is 0 Å². The van der Waals surface area contributed by atoms with E-state index in [4.69, 9.17) is 17.9 Å². The zero-order valence-corrected chi connectivity index (χ0v) is 20.6. The Labute approximate surface area is 165 Å². The van der Waals surface area contributed by atoms with Crippen LogP contribution in [0.25, 0.3) is 0 Å². The summed E-state index contributed by atoms with van der Waals surface area (Å²) in [6.45, 7) is 16.0. The molecule has 0 spiro atoms. The first-order valence-corrected chi connectivity index (χ1v) is 17.6. The van der Waals surface area contributed by atoms with E-state index in [0.717, 1.165) is 0 Å². The monoisotopic (exact) mass is 432 g/mol. The van der Waals surface area contributed by atoms with E-state index in [-0.39, 0.29) is 19.2 Å². The molecule has 0 saturated heterocycles. The first kappa shape index (κ1) is 24.3. The molecular formula is C18H33O6PSi2. The van der Waals surface area contributed by atoms with Crippen molar-refractivity contribution in [2.45, 2.75) is 59.0 Å². The maximum Gasteiger partial charge on any atom is 0.362 e. The molecular weight excluding hydrogens is 399 g/mol. The topological polar surface area (TPSA) is 71.1 Å². The summed E-state index contributed by atoms with van der Waals surface area (Å²) in [5, 5.41) is 0. The molecule has 0 aliphatic carbocycles. The predicted molar refractivity (Wildman–Crippen MR) is 113 cm³/mol. The van der Waals surface area contributed by atoms with Gasteiger partial charge in [0.15, 0.2) is 14.2 Å². The minimum absolute atomic E-state index is 0.253. The summed E-state index contributed by atoms with van der Waals surface area (Å²) in [7, 11) is -7.55. The maximum absolute atomic E-state index is 13.4. The SMILES string of the molecule is CCOP(=O)(OCC)C(O[Si](C)(C)C)c1ccc(C(=O)O[Si](C)(C)C)cc1. The zero-order valence-electron chi connectivity index (χ0n) is 17.7. The number of carbonyl (C=O) groups excluding carboxylic acids is 1. The van der Waals surface area contributed by atoms with Crippen molar-refractivity contribution in [1.82, 2.24) is 0 Å². The van der Waals surface area contributed by atoms with Gasteiger partial charge in [-0.25, -0.2) is 4.79 Å². The van der Waals surface area contributed by atoms with Crippen molar-refractivity contribution >= 4 is 30.2 Å². The van der Waals surface area contributed by atoms with Crippen LogP contribution in [-0.2, 0) is 22.5 Å². The third-order valence-corrected chi connectivity index (χ3v) is 7.35. The van der Waals surface area contributed by atoms with Gasteiger partial charge in [-0.2, -0.15) is 0 Å². The highest BCUT2D eigenvalue weighted by molar-refractivity contribution is 7.54. The molecule has 0 radical (unpaired) electrons. The van der Waals surface area contributed by atoms with Crippen LogP contribution in [0, 0.1) is 0 Å². The molecule has 1 rings (SSSR count). The van der Waals surface area contributed by atoms with E-state index in [0.29, 0.717) is 11.1 Å². The highest BCUT2D eigenvalue weighted by atomic mass is 31.2. The molecule has 6 nitrogen and oxygen atoms in total. The Balaban J connectivity index is 3.23. The number of benzene rings is 1. The summed E-state index contributed by atoms with van der Waals surface area (Å²) >= 11 is 0. The summed E-state index contributed by atoms with van der Waals surface area (Å²) in [6, 6.07) is 6.80. The van der Waals surface area contributed by atoms with Gasteiger partial charge in [0.2, 0.25) is 8.32 Å². The van der Waals surface area contributed by atoms with E-state index in [1.807, 2.05) is 39.3 Å². The summed E-state index contributed by atoms with van der Waals surface area (Å²) in [5.74, 6) is -1.17. The average Bonchev–Trinajstić information content (AvgIpc) is 2.51. The molecule has 9 heteroatoms. The quantitative estimate of drug-likeness (QED) is 0.344. The average molecular weight is 433 g/mol. The van der Waals surface area contributed by atoms with Crippen LogP contribution in [0.2, 0.25) is 39.3 Å². The second kappa shape index (κ2) is 9.63. The summed E-state index contributed by atoms with van der Waals surface area (Å²) in [4.78, 5) is 12.3. The summed E-state index contributed by atoms with van der Waals surface area (Å²) in [6.07, 6.45) is 0. The molecule has 27 heavy (non-hydrogen) atoms. The highest BCUT2D eigenvalue weighted by Gasteiger charge is 2.40. The molecule has 0 aliphatic heterocycles. The Morgan fingerprint density at radius 1 is 0.926 bits per heavy atom. The first-order chi connectivity index (χ1) is 12.3. The lowest BCUT2D eigenvalue weighted by Gasteiger charge is -2.31. The smallest absolute Gasteiger partial charge is 0.362 e. The molecule has 0 saturated carbocycles. The molecule has 0 aromatic heterocycles. The Kier molecular flexibility index (Phi) is 8.65. The Morgan fingerprint density at radius 2 is 1.41 bits per heavy atom. The predicted octanol–water partition coefficient (Wildman–Crippen LogP) is 5.79. The Morgan fingerprint density at radius 3 is 1.78 bits per heavy atom. The van der Waals surface area contributed by atoms with Crippen LogP contribution in [0.4, 0.5) is 0 Å². The van der Waals surface area contributed by atoms with Gasteiger partial charge in [0.25, 0.3) is 0 Å². The highest BCUT2D eigenvalue weighted by Crippen LogP contribution is 2.62. The van der Waals surface area contributed by atoms with E-state index in [9.17, 15) is 9.36 Å². The molecule has 0 fully saturated rings. The van der Waals surface area contributed by atoms with E-state index in [2.05, 4.69) is 0 Å². The maximum atomic E-state index is 13.4. The first-order valence-electron chi connectivity index (χ1n) is 9.21. The van der Waals surface area contributed by atoms with Crippen molar-refractivity contribution in [2.24, 2.45) is 0 Å². The van der Waals surface area contributed by atoms with Gasteiger partial charge >= 0.3 is 13.6 Å². The number of hydrogen-bond donors (Lipinski definition) is 0. The minimum Gasteiger partial charge on any atom is -0.516 e. The number of rotatable bonds is 10. The van der Waals surface area contributed by atoms with Crippen LogP contribution < -0.4 is 0 Å². The normalized spacial score (nSPS) is 14.1.